The molecule has 1 unspecified atom stereocenters. The molecule has 0 N–H and O–H groups in total. The second-order valence-electron chi connectivity index (χ2n) is 1.43. The molecule has 0 spiro atoms. The Morgan fingerprint density at radius 3 is 2.56 bits per heavy atom. The smallest absolute Gasteiger partial charge is 0.309 e. The highest BCUT2D eigenvalue weighted by Crippen LogP contribution is 2.05. The van der Waals surface area contributed by atoms with Crippen LogP contribution >= 0.6 is 15.9 Å². The van der Waals surface area contributed by atoms with Gasteiger partial charge in [-0.2, -0.15) is 0 Å². The topological polar surface area (TPSA) is 35.5 Å². The highest BCUT2D eigenvalue weighted by Gasteiger charge is 2.07. The molecule has 54 valence electrons. The number of methoxy groups -OCH3 is 2. The molecule has 0 aliphatic rings. The highest BCUT2D eigenvalue weighted by atomic mass is 79.9. The van der Waals surface area contributed by atoms with Gasteiger partial charge in [-0.05, 0) is 0 Å². The van der Waals surface area contributed by atoms with Crippen LogP contribution in [0.1, 0.15) is 6.42 Å². The van der Waals surface area contributed by atoms with Gasteiger partial charge in [-0.15, -0.1) is 0 Å². The second-order valence-corrected chi connectivity index (χ2v) is 2.45. The lowest BCUT2D eigenvalue weighted by atomic mass is 10.5. The Hall–Kier alpha value is -0.0900. The quantitative estimate of drug-likeness (QED) is 0.498. The Balaban J connectivity index is 3.34. The molecule has 0 aliphatic heterocycles. The normalized spacial score (nSPS) is 12.8. The van der Waals surface area contributed by atoms with Gasteiger partial charge < -0.3 is 9.47 Å². The number of rotatable bonds is 3. The van der Waals surface area contributed by atoms with E-state index in [0.717, 1.165) is 0 Å². The lowest BCUT2D eigenvalue weighted by Gasteiger charge is -2.03. The lowest BCUT2D eigenvalue weighted by Crippen LogP contribution is -2.10. The number of hydrogen-bond acceptors (Lipinski definition) is 3. The van der Waals surface area contributed by atoms with Gasteiger partial charge in [0.05, 0.1) is 13.5 Å². The van der Waals surface area contributed by atoms with Crippen LogP contribution in [0.4, 0.5) is 0 Å². The van der Waals surface area contributed by atoms with E-state index in [0.29, 0.717) is 0 Å². The van der Waals surface area contributed by atoms with Gasteiger partial charge in [-0.1, -0.05) is 15.9 Å². The van der Waals surface area contributed by atoms with Crippen molar-refractivity contribution in [2.45, 2.75) is 11.4 Å². The third-order valence-corrected chi connectivity index (χ3v) is 1.51. The Bertz CT molecular complexity index is 94.2. The van der Waals surface area contributed by atoms with Crippen LogP contribution in [-0.4, -0.2) is 25.2 Å². The Kier molecular flexibility index (Phi) is 4.71. The fraction of sp³-hybridized carbons (Fsp3) is 0.800. The zero-order valence-corrected chi connectivity index (χ0v) is 6.97. The molecule has 3 nitrogen and oxygen atoms in total. The van der Waals surface area contributed by atoms with Crippen LogP contribution in [0.25, 0.3) is 0 Å². The van der Waals surface area contributed by atoms with E-state index in [4.69, 9.17) is 4.74 Å². The number of halogens is 1. The summed E-state index contributed by atoms with van der Waals surface area (Å²) >= 11 is 3.10. The summed E-state index contributed by atoms with van der Waals surface area (Å²) in [5, 5.41) is -0.232. The molecule has 0 rings (SSSR count). The van der Waals surface area contributed by atoms with Gasteiger partial charge in [-0.3, -0.25) is 4.79 Å². The third kappa shape index (κ3) is 4.42. The Morgan fingerprint density at radius 2 is 2.22 bits per heavy atom. The number of carbonyl (C=O) groups excluding carboxylic acids is 1. The average molecular weight is 197 g/mol. The van der Waals surface area contributed by atoms with E-state index in [1.165, 1.54) is 14.2 Å². The highest BCUT2D eigenvalue weighted by molar-refractivity contribution is 9.09. The van der Waals surface area contributed by atoms with E-state index in [1.54, 1.807) is 0 Å². The molecular formula is C5H9BrO3. The number of esters is 1. The van der Waals surface area contributed by atoms with E-state index in [-0.39, 0.29) is 17.4 Å². The molecule has 9 heavy (non-hydrogen) atoms. The number of hydrogen-bond donors (Lipinski definition) is 0. The average Bonchev–Trinajstić information content (AvgIpc) is 1.87. The van der Waals surface area contributed by atoms with Crippen molar-refractivity contribution in [3.63, 3.8) is 0 Å². The van der Waals surface area contributed by atoms with Crippen LogP contribution in [0.2, 0.25) is 0 Å². The van der Waals surface area contributed by atoms with Crippen molar-refractivity contribution in [3.05, 3.63) is 0 Å². The zero-order chi connectivity index (χ0) is 7.28. The monoisotopic (exact) mass is 196 g/mol. The summed E-state index contributed by atoms with van der Waals surface area (Å²) in [6, 6.07) is 0. The molecule has 0 heterocycles. The van der Waals surface area contributed by atoms with E-state index in [1.807, 2.05) is 0 Å². The molecule has 0 aromatic carbocycles. The predicted octanol–water partition coefficient (Wildman–Crippen LogP) is 0.917. The van der Waals surface area contributed by atoms with Crippen LogP contribution in [0.15, 0.2) is 0 Å². The van der Waals surface area contributed by atoms with Gasteiger partial charge in [0.1, 0.15) is 5.01 Å². The minimum absolute atomic E-state index is 0.232. The van der Waals surface area contributed by atoms with Gasteiger partial charge in [0.25, 0.3) is 0 Å². The van der Waals surface area contributed by atoms with Gasteiger partial charge in [-0.25, -0.2) is 0 Å². The fourth-order valence-corrected chi connectivity index (χ4v) is 0.562. The molecule has 0 saturated carbocycles. The molecule has 0 saturated heterocycles. The van der Waals surface area contributed by atoms with Crippen molar-refractivity contribution in [3.8, 4) is 0 Å². The van der Waals surface area contributed by atoms with Crippen LogP contribution in [0.5, 0.6) is 0 Å². The number of ether oxygens (including phenoxy) is 2. The first-order valence-electron chi connectivity index (χ1n) is 2.44. The maximum absolute atomic E-state index is 10.4. The van der Waals surface area contributed by atoms with Crippen molar-refractivity contribution in [2.24, 2.45) is 0 Å². The fourth-order valence-electron chi connectivity index (χ4n) is 0.298. The first-order chi connectivity index (χ1) is 4.20. The Labute approximate surface area is 62.5 Å². The summed E-state index contributed by atoms with van der Waals surface area (Å²) in [6.45, 7) is 0. The number of carbonyl (C=O) groups is 1. The van der Waals surface area contributed by atoms with Crippen LogP contribution in [0, 0.1) is 0 Å². The van der Waals surface area contributed by atoms with E-state index in [2.05, 4.69) is 20.7 Å². The molecule has 0 fully saturated rings. The summed E-state index contributed by atoms with van der Waals surface area (Å²) < 4.78 is 9.11. The van der Waals surface area contributed by atoms with Crippen LogP contribution in [-0.2, 0) is 14.3 Å². The minimum atomic E-state index is -0.279. The molecule has 0 amide bonds. The summed E-state index contributed by atoms with van der Waals surface area (Å²) in [5.41, 5.74) is 0. The molecule has 0 aromatic rings. The minimum Gasteiger partial charge on any atom is -0.469 e. The number of alkyl halides is 1. The summed E-state index contributed by atoms with van der Waals surface area (Å²) in [4.78, 5) is 10.4. The molecule has 1 atom stereocenters. The van der Waals surface area contributed by atoms with Crippen molar-refractivity contribution >= 4 is 21.9 Å². The SMILES string of the molecule is COC(=O)CC(Br)OC. The largest absolute Gasteiger partial charge is 0.469 e. The van der Waals surface area contributed by atoms with Gasteiger partial charge >= 0.3 is 5.97 Å². The summed E-state index contributed by atoms with van der Waals surface area (Å²) in [7, 11) is 2.86. The Morgan fingerprint density at radius 1 is 1.67 bits per heavy atom. The van der Waals surface area contributed by atoms with Crippen molar-refractivity contribution in [2.75, 3.05) is 14.2 Å². The van der Waals surface area contributed by atoms with E-state index < -0.39 is 0 Å². The maximum atomic E-state index is 10.4. The van der Waals surface area contributed by atoms with Gasteiger partial charge in [0.15, 0.2) is 0 Å². The summed E-state index contributed by atoms with van der Waals surface area (Å²) in [5.74, 6) is -0.279. The lowest BCUT2D eigenvalue weighted by molar-refractivity contribution is -0.141. The molecule has 0 radical (unpaired) electrons. The van der Waals surface area contributed by atoms with Crippen molar-refractivity contribution in [1.82, 2.24) is 0 Å². The first-order valence-corrected chi connectivity index (χ1v) is 3.36. The molecular weight excluding hydrogens is 188 g/mol. The zero-order valence-electron chi connectivity index (χ0n) is 5.39. The molecule has 4 heteroatoms. The van der Waals surface area contributed by atoms with Gasteiger partial charge in [0.2, 0.25) is 0 Å². The van der Waals surface area contributed by atoms with E-state index >= 15 is 0 Å². The standard InChI is InChI=1S/C5H9BrO3/c1-8-4(6)3-5(7)9-2/h4H,3H2,1-2H3. The van der Waals surface area contributed by atoms with Crippen molar-refractivity contribution < 1.29 is 14.3 Å². The second kappa shape index (κ2) is 4.76. The van der Waals surface area contributed by atoms with Crippen LogP contribution < -0.4 is 0 Å². The van der Waals surface area contributed by atoms with Crippen LogP contribution in [0.3, 0.4) is 0 Å². The first kappa shape index (κ1) is 8.91. The third-order valence-electron chi connectivity index (χ3n) is 0.811. The van der Waals surface area contributed by atoms with Gasteiger partial charge in [0, 0.05) is 7.11 Å². The molecule has 0 bridgehead atoms. The molecule has 0 aromatic heterocycles. The predicted molar refractivity (Wildman–Crippen MR) is 36.4 cm³/mol. The van der Waals surface area contributed by atoms with Crippen molar-refractivity contribution in [1.29, 1.82) is 0 Å². The maximum Gasteiger partial charge on any atom is 0.309 e. The molecule has 0 aliphatic carbocycles. The van der Waals surface area contributed by atoms with E-state index in [9.17, 15) is 4.79 Å². The summed E-state index contributed by atoms with van der Waals surface area (Å²) in [6.07, 6.45) is 0.243.